The lowest BCUT2D eigenvalue weighted by molar-refractivity contribution is 0.157. The molecule has 1 aromatic carbocycles. The van der Waals surface area contributed by atoms with Crippen LogP contribution in [-0.2, 0) is 4.74 Å². The van der Waals surface area contributed by atoms with Crippen molar-refractivity contribution in [2.24, 2.45) is 16.8 Å². The van der Waals surface area contributed by atoms with E-state index in [1.807, 2.05) is 19.2 Å². The molecule has 0 radical (unpaired) electrons. The number of methoxy groups -OCH3 is 2. The number of anilines is 1. The van der Waals surface area contributed by atoms with E-state index in [9.17, 15) is 0 Å². The number of rotatable bonds is 6. The smallest absolute Gasteiger partial charge is 0.193 e. The van der Waals surface area contributed by atoms with Crippen LogP contribution in [0.25, 0.3) is 0 Å². The molecule has 144 valence electrons. The Morgan fingerprint density at radius 1 is 1.15 bits per heavy atom. The van der Waals surface area contributed by atoms with Gasteiger partial charge in [-0.2, -0.15) is 0 Å². The van der Waals surface area contributed by atoms with Gasteiger partial charge >= 0.3 is 0 Å². The highest BCUT2D eigenvalue weighted by molar-refractivity contribution is 5.80. The van der Waals surface area contributed by atoms with Gasteiger partial charge in [-0.1, -0.05) is 12.1 Å². The van der Waals surface area contributed by atoms with Gasteiger partial charge in [-0.05, 0) is 30.9 Å². The van der Waals surface area contributed by atoms with Gasteiger partial charge in [0.1, 0.15) is 5.75 Å². The molecule has 0 aromatic heterocycles. The Labute approximate surface area is 157 Å². The molecular weight excluding hydrogens is 328 g/mol. The SMILES string of the molecule is CN=C(NCC1CCN(c2ccccc2OC)C1)N1CCC(COC)C1. The van der Waals surface area contributed by atoms with E-state index in [-0.39, 0.29) is 0 Å². The highest BCUT2D eigenvalue weighted by Crippen LogP contribution is 2.31. The molecule has 2 atom stereocenters. The van der Waals surface area contributed by atoms with Gasteiger partial charge in [-0.15, -0.1) is 0 Å². The van der Waals surface area contributed by atoms with Crippen LogP contribution in [0, 0.1) is 11.8 Å². The van der Waals surface area contributed by atoms with E-state index in [1.54, 1.807) is 14.2 Å². The van der Waals surface area contributed by atoms with Crippen molar-refractivity contribution in [1.29, 1.82) is 0 Å². The highest BCUT2D eigenvalue weighted by Gasteiger charge is 2.27. The molecule has 26 heavy (non-hydrogen) atoms. The Kier molecular flexibility index (Phi) is 6.61. The average Bonchev–Trinajstić information content (AvgIpc) is 3.32. The summed E-state index contributed by atoms with van der Waals surface area (Å²) in [5.41, 5.74) is 1.20. The highest BCUT2D eigenvalue weighted by atomic mass is 16.5. The molecule has 6 heteroatoms. The van der Waals surface area contributed by atoms with Crippen molar-refractivity contribution in [2.75, 3.05) is 65.5 Å². The summed E-state index contributed by atoms with van der Waals surface area (Å²) in [4.78, 5) is 9.27. The summed E-state index contributed by atoms with van der Waals surface area (Å²) in [5, 5.41) is 3.59. The van der Waals surface area contributed by atoms with Crippen LogP contribution in [0.2, 0.25) is 0 Å². The summed E-state index contributed by atoms with van der Waals surface area (Å²) < 4.78 is 10.8. The first-order valence-electron chi connectivity index (χ1n) is 9.57. The number of hydrogen-bond donors (Lipinski definition) is 1. The summed E-state index contributed by atoms with van der Waals surface area (Å²) in [6, 6.07) is 8.28. The molecule has 0 saturated carbocycles. The summed E-state index contributed by atoms with van der Waals surface area (Å²) in [6.45, 7) is 6.02. The van der Waals surface area contributed by atoms with Gasteiger partial charge < -0.3 is 24.6 Å². The second-order valence-electron chi connectivity index (χ2n) is 7.26. The molecule has 2 saturated heterocycles. The number of nitrogens with zero attached hydrogens (tertiary/aromatic N) is 3. The fraction of sp³-hybridized carbons (Fsp3) is 0.650. The van der Waals surface area contributed by atoms with Crippen LogP contribution in [0.15, 0.2) is 29.3 Å². The summed E-state index contributed by atoms with van der Waals surface area (Å²) in [6.07, 6.45) is 2.37. The lowest BCUT2D eigenvalue weighted by atomic mass is 10.1. The molecule has 0 aliphatic carbocycles. The van der Waals surface area contributed by atoms with Crippen molar-refractivity contribution in [1.82, 2.24) is 10.2 Å². The van der Waals surface area contributed by atoms with E-state index in [0.29, 0.717) is 11.8 Å². The van der Waals surface area contributed by atoms with Crippen LogP contribution >= 0.6 is 0 Å². The normalized spacial score (nSPS) is 23.6. The number of hydrogen-bond acceptors (Lipinski definition) is 4. The van der Waals surface area contributed by atoms with Crippen LogP contribution < -0.4 is 15.0 Å². The van der Waals surface area contributed by atoms with Crippen LogP contribution in [0.1, 0.15) is 12.8 Å². The third kappa shape index (κ3) is 4.41. The average molecular weight is 361 g/mol. The van der Waals surface area contributed by atoms with Gasteiger partial charge in [-0.3, -0.25) is 4.99 Å². The molecule has 2 heterocycles. The van der Waals surface area contributed by atoms with Gasteiger partial charge in [0.25, 0.3) is 0 Å². The molecule has 2 aliphatic rings. The fourth-order valence-corrected chi connectivity index (χ4v) is 4.07. The van der Waals surface area contributed by atoms with Crippen molar-refractivity contribution in [3.8, 4) is 5.75 Å². The molecule has 0 bridgehead atoms. The van der Waals surface area contributed by atoms with Crippen molar-refractivity contribution in [2.45, 2.75) is 12.8 Å². The Morgan fingerprint density at radius 3 is 2.73 bits per heavy atom. The Bertz CT molecular complexity index is 607. The molecule has 0 amide bonds. The summed E-state index contributed by atoms with van der Waals surface area (Å²) >= 11 is 0. The quantitative estimate of drug-likeness (QED) is 0.622. The molecule has 2 fully saturated rings. The topological polar surface area (TPSA) is 49.3 Å². The second kappa shape index (κ2) is 9.12. The van der Waals surface area contributed by atoms with E-state index < -0.39 is 0 Å². The van der Waals surface area contributed by atoms with Gasteiger partial charge in [0.2, 0.25) is 0 Å². The molecule has 6 nitrogen and oxygen atoms in total. The van der Waals surface area contributed by atoms with Gasteiger partial charge in [0, 0.05) is 52.8 Å². The van der Waals surface area contributed by atoms with E-state index in [0.717, 1.165) is 51.0 Å². The number of likely N-dealkylation sites (tertiary alicyclic amines) is 1. The number of aliphatic imine (C=N–C) groups is 1. The molecule has 0 spiro atoms. The largest absolute Gasteiger partial charge is 0.495 e. The Balaban J connectivity index is 1.49. The van der Waals surface area contributed by atoms with E-state index in [2.05, 4.69) is 32.2 Å². The first-order valence-corrected chi connectivity index (χ1v) is 9.57. The summed E-state index contributed by atoms with van der Waals surface area (Å²) in [5.74, 6) is 3.22. The minimum Gasteiger partial charge on any atom is -0.495 e. The lowest BCUT2D eigenvalue weighted by Gasteiger charge is -2.24. The molecule has 1 aromatic rings. The zero-order valence-corrected chi connectivity index (χ0v) is 16.3. The zero-order valence-electron chi connectivity index (χ0n) is 16.3. The van der Waals surface area contributed by atoms with Crippen molar-refractivity contribution < 1.29 is 9.47 Å². The standard InChI is InChI=1S/C20H32N4O2/c1-21-20(24-11-9-17(14-24)15-25-2)22-12-16-8-10-23(13-16)18-6-4-5-7-19(18)26-3/h4-7,16-17H,8-15H2,1-3H3,(H,21,22). The number of ether oxygens (including phenoxy) is 2. The second-order valence-corrected chi connectivity index (χ2v) is 7.26. The lowest BCUT2D eigenvalue weighted by Crippen LogP contribution is -2.42. The molecule has 2 aliphatic heterocycles. The van der Waals surface area contributed by atoms with Crippen LogP contribution in [0.3, 0.4) is 0 Å². The van der Waals surface area contributed by atoms with E-state index >= 15 is 0 Å². The van der Waals surface area contributed by atoms with E-state index in [4.69, 9.17) is 9.47 Å². The van der Waals surface area contributed by atoms with Gasteiger partial charge in [-0.25, -0.2) is 0 Å². The number of guanidine groups is 1. The maximum Gasteiger partial charge on any atom is 0.193 e. The monoisotopic (exact) mass is 360 g/mol. The van der Waals surface area contributed by atoms with E-state index in [1.165, 1.54) is 18.5 Å². The Morgan fingerprint density at radius 2 is 1.96 bits per heavy atom. The zero-order chi connectivity index (χ0) is 18.4. The summed E-state index contributed by atoms with van der Waals surface area (Å²) in [7, 11) is 5.40. The number of para-hydroxylation sites is 2. The van der Waals surface area contributed by atoms with Gasteiger partial charge in [0.05, 0.1) is 19.4 Å². The molecular formula is C20H32N4O2. The predicted octanol–water partition coefficient (Wildman–Crippen LogP) is 2.07. The third-order valence-electron chi connectivity index (χ3n) is 5.46. The first kappa shape index (κ1) is 18.8. The number of benzene rings is 1. The minimum atomic E-state index is 0.617. The van der Waals surface area contributed by atoms with Crippen molar-refractivity contribution >= 4 is 11.6 Å². The third-order valence-corrected chi connectivity index (χ3v) is 5.46. The fourth-order valence-electron chi connectivity index (χ4n) is 4.07. The van der Waals surface area contributed by atoms with Crippen LogP contribution in [0.5, 0.6) is 5.75 Å². The predicted molar refractivity (Wildman–Crippen MR) is 106 cm³/mol. The van der Waals surface area contributed by atoms with Crippen LogP contribution in [-0.4, -0.2) is 71.5 Å². The Hall–Kier alpha value is -1.95. The maximum absolute atomic E-state index is 5.51. The van der Waals surface area contributed by atoms with Crippen molar-refractivity contribution in [3.63, 3.8) is 0 Å². The molecule has 2 unspecified atom stereocenters. The van der Waals surface area contributed by atoms with Crippen LogP contribution in [0.4, 0.5) is 5.69 Å². The molecule has 3 rings (SSSR count). The number of nitrogens with one attached hydrogen (secondary N) is 1. The van der Waals surface area contributed by atoms with Crippen molar-refractivity contribution in [3.05, 3.63) is 24.3 Å². The first-order chi connectivity index (χ1) is 12.7. The van der Waals surface area contributed by atoms with Gasteiger partial charge in [0.15, 0.2) is 5.96 Å². The minimum absolute atomic E-state index is 0.617. The maximum atomic E-state index is 5.51. The molecule has 1 N–H and O–H groups in total.